The van der Waals surface area contributed by atoms with Gasteiger partial charge in [0, 0.05) is 19.3 Å². The molecule has 78 valence electrons. The molecule has 1 N–H and O–H groups in total. The van der Waals surface area contributed by atoms with Crippen molar-refractivity contribution in [2.75, 3.05) is 7.05 Å². The third kappa shape index (κ3) is 1.46. The lowest BCUT2D eigenvalue weighted by Crippen LogP contribution is -2.47. The lowest BCUT2D eigenvalue weighted by molar-refractivity contribution is 0.169. The van der Waals surface area contributed by atoms with Gasteiger partial charge in [-0.1, -0.05) is 13.3 Å². The third-order valence-corrected chi connectivity index (χ3v) is 3.54. The van der Waals surface area contributed by atoms with Gasteiger partial charge in [-0.25, -0.2) is 0 Å². The highest BCUT2D eigenvalue weighted by Gasteiger charge is 2.39. The minimum absolute atomic E-state index is 0.713. The van der Waals surface area contributed by atoms with Crippen LogP contribution in [0.1, 0.15) is 31.2 Å². The molecule has 0 radical (unpaired) electrons. The number of nitrogens with one attached hydrogen (secondary N) is 1. The molecule has 2 rings (SSSR count). The van der Waals surface area contributed by atoms with E-state index in [0.717, 1.165) is 11.8 Å². The first-order chi connectivity index (χ1) is 6.76. The zero-order valence-electron chi connectivity index (χ0n) is 9.20. The van der Waals surface area contributed by atoms with Gasteiger partial charge in [-0.3, -0.25) is 4.68 Å². The molecule has 1 fully saturated rings. The van der Waals surface area contributed by atoms with Crippen LogP contribution in [0, 0.1) is 5.92 Å². The summed E-state index contributed by atoms with van der Waals surface area (Å²) in [4.78, 5) is 0. The van der Waals surface area contributed by atoms with Crippen molar-refractivity contribution in [2.24, 2.45) is 13.0 Å². The van der Waals surface area contributed by atoms with E-state index in [4.69, 9.17) is 0 Å². The molecule has 1 aromatic rings. The highest BCUT2D eigenvalue weighted by molar-refractivity contribution is 5.19. The lowest BCUT2D eigenvalue weighted by Gasteiger charge is -2.44. The summed E-state index contributed by atoms with van der Waals surface area (Å²) in [5.74, 6) is 1.52. The van der Waals surface area contributed by atoms with Crippen LogP contribution >= 0.6 is 0 Å². The Kier molecular flexibility index (Phi) is 2.59. The molecular weight excluding hydrogens is 174 g/mol. The second-order valence-corrected chi connectivity index (χ2v) is 4.26. The fourth-order valence-electron chi connectivity index (χ4n) is 2.62. The van der Waals surface area contributed by atoms with Crippen molar-refractivity contribution < 1.29 is 0 Å². The molecule has 3 nitrogen and oxygen atoms in total. The summed E-state index contributed by atoms with van der Waals surface area (Å²) in [6.45, 7) is 2.28. The van der Waals surface area contributed by atoms with E-state index in [1.54, 1.807) is 0 Å². The second-order valence-electron chi connectivity index (χ2n) is 4.26. The number of aromatic nitrogens is 2. The van der Waals surface area contributed by atoms with Crippen LogP contribution in [0.5, 0.6) is 0 Å². The fourth-order valence-corrected chi connectivity index (χ4v) is 2.62. The maximum Gasteiger partial charge on any atom is 0.0524 e. The Balaban J connectivity index is 2.07. The van der Waals surface area contributed by atoms with Crippen LogP contribution in [0.3, 0.4) is 0 Å². The summed E-state index contributed by atoms with van der Waals surface area (Å²) in [6, 6.07) is 0.713. The van der Waals surface area contributed by atoms with Crippen molar-refractivity contribution in [3.8, 4) is 0 Å². The number of aryl methyl sites for hydroxylation is 1. The minimum Gasteiger partial charge on any atom is -0.317 e. The number of hydrogen-bond donors (Lipinski definition) is 1. The third-order valence-electron chi connectivity index (χ3n) is 3.54. The van der Waals surface area contributed by atoms with Crippen LogP contribution in [0.15, 0.2) is 12.4 Å². The van der Waals surface area contributed by atoms with Crippen LogP contribution < -0.4 is 5.32 Å². The van der Waals surface area contributed by atoms with Gasteiger partial charge in [0.05, 0.1) is 6.20 Å². The van der Waals surface area contributed by atoms with Crippen LogP contribution in [0.4, 0.5) is 0 Å². The molecule has 1 aliphatic rings. The Morgan fingerprint density at radius 3 is 2.93 bits per heavy atom. The van der Waals surface area contributed by atoms with Crippen LogP contribution in [0.2, 0.25) is 0 Å². The van der Waals surface area contributed by atoms with Crippen molar-refractivity contribution in [3.05, 3.63) is 18.0 Å². The first-order valence-corrected chi connectivity index (χ1v) is 5.42. The average Bonchev–Trinajstić information content (AvgIpc) is 2.52. The van der Waals surface area contributed by atoms with Crippen LogP contribution in [0.25, 0.3) is 0 Å². The summed E-state index contributed by atoms with van der Waals surface area (Å²) < 4.78 is 1.90. The zero-order valence-corrected chi connectivity index (χ0v) is 9.20. The molecule has 0 spiro atoms. The Bertz CT molecular complexity index is 305. The van der Waals surface area contributed by atoms with Crippen molar-refractivity contribution in [1.82, 2.24) is 15.1 Å². The molecule has 3 atom stereocenters. The lowest BCUT2D eigenvalue weighted by atomic mass is 9.65. The molecule has 14 heavy (non-hydrogen) atoms. The topological polar surface area (TPSA) is 29.9 Å². The van der Waals surface area contributed by atoms with Gasteiger partial charge in [0.15, 0.2) is 0 Å². The summed E-state index contributed by atoms with van der Waals surface area (Å²) >= 11 is 0. The first-order valence-electron chi connectivity index (χ1n) is 5.42. The molecule has 0 saturated heterocycles. The molecule has 1 aromatic heterocycles. The molecule has 1 saturated carbocycles. The van der Waals surface area contributed by atoms with Gasteiger partial charge in [0.2, 0.25) is 0 Å². The maximum absolute atomic E-state index is 4.24. The summed E-state index contributed by atoms with van der Waals surface area (Å²) in [5.41, 5.74) is 1.41. The zero-order chi connectivity index (χ0) is 10.1. The summed E-state index contributed by atoms with van der Waals surface area (Å²) in [5, 5.41) is 7.62. The predicted molar refractivity (Wildman–Crippen MR) is 57.2 cm³/mol. The van der Waals surface area contributed by atoms with E-state index in [1.165, 1.54) is 18.4 Å². The van der Waals surface area contributed by atoms with E-state index in [1.807, 2.05) is 17.9 Å². The van der Waals surface area contributed by atoms with Crippen molar-refractivity contribution in [1.29, 1.82) is 0 Å². The molecule has 0 amide bonds. The monoisotopic (exact) mass is 193 g/mol. The van der Waals surface area contributed by atoms with Crippen molar-refractivity contribution >= 4 is 0 Å². The van der Waals surface area contributed by atoms with Crippen LogP contribution in [-0.4, -0.2) is 22.9 Å². The van der Waals surface area contributed by atoms with Crippen molar-refractivity contribution in [3.63, 3.8) is 0 Å². The maximum atomic E-state index is 4.24. The van der Waals surface area contributed by atoms with Crippen molar-refractivity contribution in [2.45, 2.75) is 31.7 Å². The number of hydrogen-bond acceptors (Lipinski definition) is 2. The van der Waals surface area contributed by atoms with E-state index in [-0.39, 0.29) is 0 Å². The van der Waals surface area contributed by atoms with Gasteiger partial charge in [-0.2, -0.15) is 5.10 Å². The van der Waals surface area contributed by atoms with Gasteiger partial charge in [0.1, 0.15) is 0 Å². The highest BCUT2D eigenvalue weighted by atomic mass is 15.2. The quantitative estimate of drug-likeness (QED) is 0.789. The Hall–Kier alpha value is -0.830. The number of rotatable bonds is 3. The standard InChI is InChI=1S/C11H19N3/c1-4-9-10(5-11(9)12-2)8-6-13-14(3)7-8/h6-7,9-12H,4-5H2,1-3H3. The van der Waals surface area contributed by atoms with E-state index in [0.29, 0.717) is 6.04 Å². The van der Waals surface area contributed by atoms with Gasteiger partial charge >= 0.3 is 0 Å². The Labute approximate surface area is 85.5 Å². The number of nitrogens with zero attached hydrogens (tertiary/aromatic N) is 2. The average molecular weight is 193 g/mol. The molecule has 0 aromatic carbocycles. The normalized spacial score (nSPS) is 31.5. The minimum atomic E-state index is 0.713. The SMILES string of the molecule is CCC1C(NC)CC1c1cnn(C)c1. The molecule has 3 unspecified atom stereocenters. The van der Waals surface area contributed by atoms with E-state index < -0.39 is 0 Å². The van der Waals surface area contributed by atoms with E-state index in [9.17, 15) is 0 Å². The van der Waals surface area contributed by atoms with Crippen LogP contribution in [-0.2, 0) is 7.05 Å². The van der Waals surface area contributed by atoms with Gasteiger partial charge in [-0.05, 0) is 30.9 Å². The molecular formula is C11H19N3. The second kappa shape index (κ2) is 3.73. The van der Waals surface area contributed by atoms with E-state index >= 15 is 0 Å². The summed E-state index contributed by atoms with van der Waals surface area (Å²) in [6.07, 6.45) is 6.68. The molecule has 0 aliphatic heterocycles. The first kappa shape index (κ1) is 9.71. The van der Waals surface area contributed by atoms with Gasteiger partial charge in [0.25, 0.3) is 0 Å². The molecule has 0 bridgehead atoms. The smallest absolute Gasteiger partial charge is 0.0524 e. The van der Waals surface area contributed by atoms with Gasteiger partial charge < -0.3 is 5.32 Å². The highest BCUT2D eigenvalue weighted by Crippen LogP contribution is 2.44. The van der Waals surface area contributed by atoms with E-state index in [2.05, 4.69) is 30.6 Å². The molecule has 1 heterocycles. The van der Waals surface area contributed by atoms with Gasteiger partial charge in [-0.15, -0.1) is 0 Å². The fraction of sp³-hybridized carbons (Fsp3) is 0.727. The largest absolute Gasteiger partial charge is 0.317 e. The Morgan fingerprint density at radius 1 is 1.64 bits per heavy atom. The summed E-state index contributed by atoms with van der Waals surface area (Å²) in [7, 11) is 4.05. The molecule has 1 aliphatic carbocycles. The Morgan fingerprint density at radius 2 is 2.43 bits per heavy atom. The predicted octanol–water partition coefficient (Wildman–Crippen LogP) is 1.52. The molecule has 3 heteroatoms.